The van der Waals surface area contributed by atoms with Crippen molar-refractivity contribution >= 4 is 29.1 Å². The maximum atomic E-state index is 12.6. The Labute approximate surface area is 165 Å². The summed E-state index contributed by atoms with van der Waals surface area (Å²) in [6.07, 6.45) is 3.34. The topological polar surface area (TPSA) is 92.7 Å². The van der Waals surface area contributed by atoms with E-state index in [1.165, 1.54) is 0 Å². The zero-order valence-electron chi connectivity index (χ0n) is 17.0. The fraction of sp³-hybridized carbons (Fsp3) is 0.429. The first kappa shape index (κ1) is 21.3. The molecule has 0 aliphatic rings. The lowest BCUT2D eigenvalue weighted by Crippen LogP contribution is -2.50. The zero-order chi connectivity index (χ0) is 20.7. The van der Waals surface area contributed by atoms with E-state index in [9.17, 15) is 9.59 Å². The van der Waals surface area contributed by atoms with Crippen molar-refractivity contribution in [3.05, 3.63) is 42.1 Å². The van der Waals surface area contributed by atoms with Crippen molar-refractivity contribution in [1.82, 2.24) is 15.7 Å². The molecule has 1 heterocycles. The first-order chi connectivity index (χ1) is 13.2. The van der Waals surface area contributed by atoms with Crippen LogP contribution < -0.4 is 10.7 Å². The van der Waals surface area contributed by atoms with E-state index in [0.717, 1.165) is 16.5 Å². The van der Waals surface area contributed by atoms with Gasteiger partial charge in [0.1, 0.15) is 11.6 Å². The second kappa shape index (κ2) is 9.30. The number of pyridine rings is 1. The van der Waals surface area contributed by atoms with Crippen LogP contribution in [0.25, 0.3) is 10.9 Å². The molecular formula is C21H28N4O3. The lowest BCUT2D eigenvalue weighted by atomic mass is 9.99. The van der Waals surface area contributed by atoms with Gasteiger partial charge in [0.2, 0.25) is 0 Å². The number of para-hydroxylation sites is 1. The van der Waals surface area contributed by atoms with Gasteiger partial charge in [-0.05, 0) is 32.8 Å². The molecule has 2 unspecified atom stereocenters. The third-order valence-corrected chi connectivity index (χ3v) is 4.21. The van der Waals surface area contributed by atoms with E-state index in [0.29, 0.717) is 6.42 Å². The number of hydrogen-bond donors (Lipinski definition) is 2. The highest BCUT2D eigenvalue weighted by molar-refractivity contribution is 5.97. The van der Waals surface area contributed by atoms with Gasteiger partial charge in [0.05, 0.1) is 11.7 Å². The molecule has 0 radical (unpaired) electrons. The van der Waals surface area contributed by atoms with Crippen molar-refractivity contribution in [3.8, 4) is 0 Å². The lowest BCUT2D eigenvalue weighted by molar-refractivity contribution is -0.124. The van der Waals surface area contributed by atoms with Crippen LogP contribution in [0.15, 0.2) is 41.6 Å². The van der Waals surface area contributed by atoms with E-state index in [2.05, 4.69) is 20.8 Å². The van der Waals surface area contributed by atoms with Crippen LogP contribution in [0.2, 0.25) is 0 Å². The smallest absolute Gasteiger partial charge is 0.408 e. The van der Waals surface area contributed by atoms with Gasteiger partial charge in [-0.3, -0.25) is 9.78 Å². The summed E-state index contributed by atoms with van der Waals surface area (Å²) in [7, 11) is 0. The van der Waals surface area contributed by atoms with Gasteiger partial charge in [-0.15, -0.1) is 0 Å². The van der Waals surface area contributed by atoms with E-state index in [-0.39, 0.29) is 5.92 Å². The summed E-state index contributed by atoms with van der Waals surface area (Å²) in [4.78, 5) is 29.0. The third kappa shape index (κ3) is 6.04. The van der Waals surface area contributed by atoms with Gasteiger partial charge < -0.3 is 10.1 Å². The number of carbonyl (C=O) groups is 2. The summed E-state index contributed by atoms with van der Waals surface area (Å²) < 4.78 is 5.26. The van der Waals surface area contributed by atoms with Crippen molar-refractivity contribution in [3.63, 3.8) is 0 Å². The number of aromatic nitrogens is 1. The minimum atomic E-state index is -0.748. The SMILES string of the molecule is CCC(C)C(NC(=O)OC(C)(C)C)C(=O)N/N=C/c1cccc2cccnc12. The van der Waals surface area contributed by atoms with E-state index < -0.39 is 23.6 Å². The summed E-state index contributed by atoms with van der Waals surface area (Å²) in [5.74, 6) is -0.480. The van der Waals surface area contributed by atoms with E-state index in [4.69, 9.17) is 4.74 Å². The number of amides is 2. The second-order valence-electron chi connectivity index (χ2n) is 7.67. The molecule has 0 saturated heterocycles. The number of carbonyl (C=O) groups excluding carboxylic acids is 2. The Hall–Kier alpha value is -2.96. The maximum Gasteiger partial charge on any atom is 0.408 e. The predicted octanol–water partition coefficient (Wildman–Crippen LogP) is 3.62. The normalized spacial score (nSPS) is 13.9. The molecule has 2 atom stereocenters. The molecule has 2 aromatic rings. The Balaban J connectivity index is 2.08. The minimum Gasteiger partial charge on any atom is -0.444 e. The van der Waals surface area contributed by atoms with Crippen LogP contribution in [-0.2, 0) is 9.53 Å². The van der Waals surface area contributed by atoms with Crippen LogP contribution in [0, 0.1) is 5.92 Å². The number of nitrogens with one attached hydrogen (secondary N) is 2. The third-order valence-electron chi connectivity index (χ3n) is 4.21. The highest BCUT2D eigenvalue weighted by Gasteiger charge is 2.28. The molecule has 0 fully saturated rings. The van der Waals surface area contributed by atoms with Gasteiger partial charge in [-0.25, -0.2) is 10.2 Å². The van der Waals surface area contributed by atoms with Crippen molar-refractivity contribution in [2.45, 2.75) is 52.7 Å². The van der Waals surface area contributed by atoms with Crippen LogP contribution in [0.1, 0.15) is 46.6 Å². The summed E-state index contributed by atoms with van der Waals surface area (Å²) >= 11 is 0. The Morgan fingerprint density at radius 3 is 2.64 bits per heavy atom. The van der Waals surface area contributed by atoms with E-state index >= 15 is 0 Å². The lowest BCUT2D eigenvalue weighted by Gasteiger charge is -2.25. The fourth-order valence-corrected chi connectivity index (χ4v) is 2.60. The number of nitrogens with zero attached hydrogens (tertiary/aromatic N) is 2. The monoisotopic (exact) mass is 384 g/mol. The fourth-order valence-electron chi connectivity index (χ4n) is 2.60. The van der Waals surface area contributed by atoms with Crippen LogP contribution in [0.4, 0.5) is 4.79 Å². The molecule has 7 nitrogen and oxygen atoms in total. The van der Waals surface area contributed by atoms with Crippen LogP contribution in [0.3, 0.4) is 0 Å². The molecule has 0 saturated carbocycles. The number of hydrazone groups is 1. The average Bonchev–Trinajstić information content (AvgIpc) is 2.64. The molecule has 0 aliphatic heterocycles. The zero-order valence-corrected chi connectivity index (χ0v) is 17.0. The molecule has 0 spiro atoms. The molecule has 2 rings (SSSR count). The summed E-state index contributed by atoms with van der Waals surface area (Å²) in [5, 5.41) is 7.69. The van der Waals surface area contributed by atoms with Crippen molar-refractivity contribution in [1.29, 1.82) is 0 Å². The number of fused-ring (bicyclic) bond motifs is 1. The number of alkyl carbamates (subject to hydrolysis) is 1. The summed E-state index contributed by atoms with van der Waals surface area (Å²) in [5.41, 5.74) is 3.46. The average molecular weight is 384 g/mol. The quantitative estimate of drug-likeness (QED) is 0.588. The van der Waals surface area contributed by atoms with Gasteiger partial charge in [0.25, 0.3) is 5.91 Å². The Morgan fingerprint density at radius 1 is 1.25 bits per heavy atom. The van der Waals surface area contributed by atoms with Crippen molar-refractivity contribution in [2.75, 3.05) is 0 Å². The minimum absolute atomic E-state index is 0.0815. The van der Waals surface area contributed by atoms with Crippen molar-refractivity contribution in [2.24, 2.45) is 11.0 Å². The van der Waals surface area contributed by atoms with Crippen LogP contribution >= 0.6 is 0 Å². The van der Waals surface area contributed by atoms with Gasteiger partial charge >= 0.3 is 6.09 Å². The maximum absolute atomic E-state index is 12.6. The highest BCUT2D eigenvalue weighted by Crippen LogP contribution is 2.14. The van der Waals surface area contributed by atoms with Crippen molar-refractivity contribution < 1.29 is 14.3 Å². The molecule has 0 bridgehead atoms. The Bertz CT molecular complexity index is 853. The predicted molar refractivity (Wildman–Crippen MR) is 110 cm³/mol. The van der Waals surface area contributed by atoms with Crippen LogP contribution in [-0.4, -0.2) is 34.8 Å². The molecule has 2 amide bonds. The summed E-state index contributed by atoms with van der Waals surface area (Å²) in [6, 6.07) is 8.81. The van der Waals surface area contributed by atoms with Gasteiger partial charge in [-0.2, -0.15) is 5.10 Å². The first-order valence-electron chi connectivity index (χ1n) is 9.37. The number of hydrogen-bond acceptors (Lipinski definition) is 5. The highest BCUT2D eigenvalue weighted by atomic mass is 16.6. The van der Waals surface area contributed by atoms with Gasteiger partial charge in [0.15, 0.2) is 0 Å². The molecule has 1 aromatic carbocycles. The molecule has 0 aliphatic carbocycles. The number of rotatable bonds is 6. The van der Waals surface area contributed by atoms with E-state index in [1.54, 1.807) is 33.2 Å². The molecule has 2 N–H and O–H groups in total. The molecule has 28 heavy (non-hydrogen) atoms. The molecule has 7 heteroatoms. The number of benzene rings is 1. The van der Waals surface area contributed by atoms with Crippen LogP contribution in [0.5, 0.6) is 0 Å². The summed E-state index contributed by atoms with van der Waals surface area (Å²) in [6.45, 7) is 9.15. The van der Waals surface area contributed by atoms with Gasteiger partial charge in [-0.1, -0.05) is 44.5 Å². The molecular weight excluding hydrogens is 356 g/mol. The Kier molecular flexibility index (Phi) is 7.09. The standard InChI is InChI=1S/C21H28N4O3/c1-6-14(2)17(24-20(27)28-21(3,4)5)19(26)25-23-13-16-10-7-9-15-11-8-12-22-18(15)16/h7-14,17H,6H2,1-5H3,(H,24,27)(H,25,26)/b23-13+. The van der Waals surface area contributed by atoms with Gasteiger partial charge in [0, 0.05) is 17.1 Å². The number of ether oxygens (including phenoxy) is 1. The largest absolute Gasteiger partial charge is 0.444 e. The van der Waals surface area contributed by atoms with E-state index in [1.807, 2.05) is 44.2 Å². The first-order valence-corrected chi connectivity index (χ1v) is 9.37. The second-order valence-corrected chi connectivity index (χ2v) is 7.67. The Morgan fingerprint density at radius 2 is 1.96 bits per heavy atom. The molecule has 150 valence electrons. The molecule has 1 aromatic heterocycles.